The Kier molecular flexibility index (Phi) is 4.69. The van der Waals surface area contributed by atoms with Gasteiger partial charge in [-0.25, -0.2) is 4.98 Å². The van der Waals surface area contributed by atoms with Gasteiger partial charge in [-0.05, 0) is 30.2 Å². The lowest BCUT2D eigenvalue weighted by Crippen LogP contribution is -2.32. The normalized spacial score (nSPS) is 12.1. The SMILES string of the molecule is CC(C)C(NC(=O)c1ncccc1O)c1nc(-c2cccnc2)no1. The van der Waals surface area contributed by atoms with Gasteiger partial charge in [-0.2, -0.15) is 4.98 Å². The fraction of sp³-hybridized carbons (Fsp3) is 0.235. The molecule has 0 bridgehead atoms. The smallest absolute Gasteiger partial charge is 0.274 e. The second kappa shape index (κ2) is 7.08. The molecule has 3 aromatic rings. The molecule has 0 aliphatic carbocycles. The first-order chi connectivity index (χ1) is 12.1. The van der Waals surface area contributed by atoms with Gasteiger partial charge < -0.3 is 14.9 Å². The fourth-order valence-corrected chi connectivity index (χ4v) is 2.27. The molecule has 2 N–H and O–H groups in total. The average Bonchev–Trinajstić information content (AvgIpc) is 3.10. The van der Waals surface area contributed by atoms with Gasteiger partial charge in [0, 0.05) is 24.2 Å². The summed E-state index contributed by atoms with van der Waals surface area (Å²) in [5.74, 6) is -0.0553. The summed E-state index contributed by atoms with van der Waals surface area (Å²) in [5, 5.41) is 16.5. The Balaban J connectivity index is 1.84. The van der Waals surface area contributed by atoms with Crippen LogP contribution in [0, 0.1) is 5.92 Å². The molecule has 0 fully saturated rings. The van der Waals surface area contributed by atoms with Gasteiger partial charge in [0.1, 0.15) is 11.8 Å². The number of hydrogen-bond donors (Lipinski definition) is 2. The minimum Gasteiger partial charge on any atom is -0.505 e. The minimum atomic E-state index is -0.521. The van der Waals surface area contributed by atoms with Gasteiger partial charge in [-0.1, -0.05) is 19.0 Å². The van der Waals surface area contributed by atoms with E-state index in [0.29, 0.717) is 11.4 Å². The average molecular weight is 339 g/mol. The van der Waals surface area contributed by atoms with Crippen molar-refractivity contribution in [3.8, 4) is 17.1 Å². The summed E-state index contributed by atoms with van der Waals surface area (Å²) in [7, 11) is 0. The van der Waals surface area contributed by atoms with Crippen molar-refractivity contribution >= 4 is 5.91 Å². The maximum atomic E-state index is 12.4. The number of rotatable bonds is 5. The number of carbonyl (C=O) groups excluding carboxylic acids is 1. The Morgan fingerprint density at radius 3 is 2.72 bits per heavy atom. The molecule has 1 atom stereocenters. The van der Waals surface area contributed by atoms with Gasteiger partial charge >= 0.3 is 0 Å². The number of nitrogens with zero attached hydrogens (tertiary/aromatic N) is 4. The Hall–Kier alpha value is -3.29. The summed E-state index contributed by atoms with van der Waals surface area (Å²) in [6, 6.07) is 6.02. The number of hydrogen-bond acceptors (Lipinski definition) is 7. The van der Waals surface area contributed by atoms with E-state index >= 15 is 0 Å². The Morgan fingerprint density at radius 1 is 1.24 bits per heavy atom. The van der Waals surface area contributed by atoms with Crippen LogP contribution in [-0.4, -0.2) is 31.1 Å². The van der Waals surface area contributed by atoms with E-state index in [1.54, 1.807) is 24.5 Å². The van der Waals surface area contributed by atoms with Gasteiger partial charge in [0.15, 0.2) is 5.69 Å². The second-order valence-electron chi connectivity index (χ2n) is 5.76. The van der Waals surface area contributed by atoms with Gasteiger partial charge in [-0.15, -0.1) is 0 Å². The molecule has 0 aliphatic rings. The quantitative estimate of drug-likeness (QED) is 0.733. The number of amides is 1. The lowest BCUT2D eigenvalue weighted by molar-refractivity contribution is 0.0906. The molecule has 0 saturated carbocycles. The molecule has 0 aliphatic heterocycles. The van der Waals surface area contributed by atoms with Crippen molar-refractivity contribution in [1.29, 1.82) is 0 Å². The van der Waals surface area contributed by atoms with Crippen LogP contribution in [0.4, 0.5) is 0 Å². The van der Waals surface area contributed by atoms with E-state index in [0.717, 1.165) is 0 Å². The fourth-order valence-electron chi connectivity index (χ4n) is 2.27. The lowest BCUT2D eigenvalue weighted by atomic mass is 10.0. The van der Waals surface area contributed by atoms with E-state index in [1.165, 1.54) is 12.3 Å². The largest absolute Gasteiger partial charge is 0.505 e. The van der Waals surface area contributed by atoms with E-state index in [-0.39, 0.29) is 23.3 Å². The van der Waals surface area contributed by atoms with E-state index in [2.05, 4.69) is 25.4 Å². The maximum Gasteiger partial charge on any atom is 0.274 e. The molecule has 0 radical (unpaired) electrons. The molecule has 8 nitrogen and oxygen atoms in total. The van der Waals surface area contributed by atoms with Crippen molar-refractivity contribution in [2.24, 2.45) is 5.92 Å². The number of aromatic hydroxyl groups is 1. The first-order valence-electron chi connectivity index (χ1n) is 7.75. The highest BCUT2D eigenvalue weighted by atomic mass is 16.5. The predicted octanol–water partition coefficient (Wildman–Crippen LogP) is 2.36. The van der Waals surface area contributed by atoms with Crippen molar-refractivity contribution in [3.63, 3.8) is 0 Å². The van der Waals surface area contributed by atoms with Crippen LogP contribution in [0.15, 0.2) is 47.4 Å². The van der Waals surface area contributed by atoms with Gasteiger partial charge in [0.05, 0.1) is 0 Å². The summed E-state index contributed by atoms with van der Waals surface area (Å²) in [4.78, 5) is 24.7. The summed E-state index contributed by atoms with van der Waals surface area (Å²) in [5.41, 5.74) is 0.661. The molecular formula is C17H17N5O3. The van der Waals surface area contributed by atoms with E-state index in [1.807, 2.05) is 19.9 Å². The van der Waals surface area contributed by atoms with Crippen molar-refractivity contribution in [3.05, 3.63) is 54.4 Å². The predicted molar refractivity (Wildman–Crippen MR) is 88.5 cm³/mol. The first-order valence-corrected chi connectivity index (χ1v) is 7.75. The lowest BCUT2D eigenvalue weighted by Gasteiger charge is -2.18. The Bertz CT molecular complexity index is 863. The summed E-state index contributed by atoms with van der Waals surface area (Å²) in [6.45, 7) is 3.83. The van der Waals surface area contributed by atoms with Crippen LogP contribution in [0.2, 0.25) is 0 Å². The molecule has 0 saturated heterocycles. The minimum absolute atomic E-state index is 0.0167. The van der Waals surface area contributed by atoms with Crippen LogP contribution in [-0.2, 0) is 0 Å². The third-order valence-electron chi connectivity index (χ3n) is 3.58. The number of carbonyl (C=O) groups is 1. The van der Waals surface area contributed by atoms with Crippen LogP contribution in [0.3, 0.4) is 0 Å². The molecule has 3 aromatic heterocycles. The molecule has 25 heavy (non-hydrogen) atoms. The maximum absolute atomic E-state index is 12.4. The Labute approximate surface area is 144 Å². The van der Waals surface area contributed by atoms with Crippen molar-refractivity contribution in [2.45, 2.75) is 19.9 Å². The van der Waals surface area contributed by atoms with E-state index in [9.17, 15) is 9.90 Å². The summed E-state index contributed by atoms with van der Waals surface area (Å²) in [6.07, 6.45) is 4.72. The van der Waals surface area contributed by atoms with Gasteiger partial charge in [0.2, 0.25) is 11.7 Å². The topological polar surface area (TPSA) is 114 Å². The summed E-state index contributed by atoms with van der Waals surface area (Å²) >= 11 is 0. The van der Waals surface area contributed by atoms with E-state index in [4.69, 9.17) is 4.52 Å². The first kappa shape index (κ1) is 16.6. The molecule has 8 heteroatoms. The molecule has 3 heterocycles. The van der Waals surface area contributed by atoms with Crippen molar-refractivity contribution < 1.29 is 14.4 Å². The molecule has 3 rings (SSSR count). The zero-order valence-corrected chi connectivity index (χ0v) is 13.7. The Morgan fingerprint density at radius 2 is 2.04 bits per heavy atom. The zero-order chi connectivity index (χ0) is 17.8. The molecular weight excluding hydrogens is 322 g/mol. The standard InChI is InChI=1S/C17H17N5O3/c1-10(2)13(20-16(24)14-12(23)6-4-8-19-14)17-21-15(22-25-17)11-5-3-7-18-9-11/h3-10,13,23H,1-2H3,(H,20,24). The van der Waals surface area contributed by atoms with Crippen molar-refractivity contribution in [2.75, 3.05) is 0 Å². The highest BCUT2D eigenvalue weighted by Gasteiger charge is 2.26. The van der Waals surface area contributed by atoms with Crippen LogP contribution >= 0.6 is 0 Å². The van der Waals surface area contributed by atoms with Gasteiger partial charge in [-0.3, -0.25) is 9.78 Å². The van der Waals surface area contributed by atoms with Crippen LogP contribution in [0.25, 0.3) is 11.4 Å². The van der Waals surface area contributed by atoms with Gasteiger partial charge in [0.25, 0.3) is 5.91 Å². The van der Waals surface area contributed by atoms with Crippen LogP contribution < -0.4 is 5.32 Å². The number of pyridine rings is 2. The third kappa shape index (κ3) is 3.63. The van der Waals surface area contributed by atoms with Crippen molar-refractivity contribution in [1.82, 2.24) is 25.4 Å². The molecule has 1 amide bonds. The monoisotopic (exact) mass is 339 g/mol. The molecule has 0 spiro atoms. The highest BCUT2D eigenvalue weighted by Crippen LogP contribution is 2.24. The highest BCUT2D eigenvalue weighted by molar-refractivity contribution is 5.94. The van der Waals surface area contributed by atoms with Crippen LogP contribution in [0.1, 0.15) is 36.3 Å². The molecule has 0 aromatic carbocycles. The second-order valence-corrected chi connectivity index (χ2v) is 5.76. The zero-order valence-electron chi connectivity index (χ0n) is 13.7. The number of aromatic nitrogens is 4. The summed E-state index contributed by atoms with van der Waals surface area (Å²) < 4.78 is 5.32. The van der Waals surface area contributed by atoms with Crippen LogP contribution in [0.5, 0.6) is 5.75 Å². The van der Waals surface area contributed by atoms with E-state index < -0.39 is 11.9 Å². The number of nitrogens with one attached hydrogen (secondary N) is 1. The molecule has 1 unspecified atom stereocenters. The molecule has 128 valence electrons. The third-order valence-corrected chi connectivity index (χ3v) is 3.58.